The lowest BCUT2D eigenvalue weighted by molar-refractivity contribution is -0.157. The lowest BCUT2D eigenvalue weighted by atomic mass is 9.84. The van der Waals surface area contributed by atoms with Crippen LogP contribution >= 0.6 is 11.3 Å². The number of hydrogen-bond donors (Lipinski definition) is 2. The van der Waals surface area contributed by atoms with Crippen molar-refractivity contribution < 1.29 is 38.1 Å². The number of esters is 1. The summed E-state index contributed by atoms with van der Waals surface area (Å²) in [7, 11) is 5.65. The highest BCUT2D eigenvalue weighted by molar-refractivity contribution is 7.10. The monoisotopic (exact) mass is 991 g/mol. The number of fused-ring (bicyclic) bond motifs is 6. The third kappa shape index (κ3) is 11.1. The van der Waals surface area contributed by atoms with E-state index in [-0.39, 0.29) is 49.2 Å². The zero-order valence-electron chi connectivity index (χ0n) is 42.4. The summed E-state index contributed by atoms with van der Waals surface area (Å²) >= 11 is 1.40. The summed E-state index contributed by atoms with van der Waals surface area (Å²) in [5.41, 5.74) is 9.99. The molecule has 6 bridgehead atoms. The van der Waals surface area contributed by atoms with E-state index in [0.717, 1.165) is 57.5 Å². The molecule has 0 spiro atoms. The van der Waals surface area contributed by atoms with Crippen LogP contribution in [-0.4, -0.2) is 132 Å². The number of hydrogen-bond acceptors (Lipinski definition) is 14. The van der Waals surface area contributed by atoms with Crippen molar-refractivity contribution in [3.05, 3.63) is 88.3 Å². The van der Waals surface area contributed by atoms with Crippen molar-refractivity contribution in [2.75, 3.05) is 60.8 Å². The normalized spacial score (nSPS) is 24.9. The van der Waals surface area contributed by atoms with Crippen molar-refractivity contribution in [3.63, 3.8) is 0 Å². The Labute approximate surface area is 421 Å². The van der Waals surface area contributed by atoms with Gasteiger partial charge in [-0.15, -0.1) is 11.3 Å². The van der Waals surface area contributed by atoms with Crippen LogP contribution in [0.5, 0.6) is 0 Å². The molecule has 0 radical (unpaired) electrons. The SMILES string of the molecule is CO[C@@H](C)c1ncccc1-c1c2c3cc(ccc3n1CCOC1CCOCC1)-c1csc(n1)[C@@H](OC[C@H](C)N(C)C)[C@H](NC(=O)[C@@H]1[C@@H](C)[C@H]1c1ccccn1)C(=O)N1CCC[C@H](N1)C(=O)OCC(C)(C)C2. The number of hydrazine groups is 1. The maximum Gasteiger partial charge on any atom is 0.324 e. The zero-order valence-corrected chi connectivity index (χ0v) is 43.2. The van der Waals surface area contributed by atoms with E-state index < -0.39 is 41.4 Å². The highest BCUT2D eigenvalue weighted by Gasteiger charge is 2.54. The summed E-state index contributed by atoms with van der Waals surface area (Å²) in [6.45, 7) is 13.5. The van der Waals surface area contributed by atoms with E-state index in [4.69, 9.17) is 33.7 Å². The first-order valence-corrected chi connectivity index (χ1v) is 26.1. The fourth-order valence-electron chi connectivity index (χ4n) is 10.3. The molecule has 16 nitrogen and oxygen atoms in total. The third-order valence-electron chi connectivity index (χ3n) is 14.9. The lowest BCUT2D eigenvalue weighted by Gasteiger charge is -2.37. The van der Waals surface area contributed by atoms with Crippen molar-refractivity contribution in [2.24, 2.45) is 17.3 Å². The van der Waals surface area contributed by atoms with Crippen LogP contribution in [0.15, 0.2) is 66.3 Å². The van der Waals surface area contributed by atoms with Crippen LogP contribution in [-0.2, 0) is 51.0 Å². The predicted octanol–water partition coefficient (Wildman–Crippen LogP) is 7.29. The molecule has 380 valence electrons. The molecule has 2 N–H and O–H groups in total. The van der Waals surface area contributed by atoms with Crippen LogP contribution < -0.4 is 10.7 Å². The van der Waals surface area contributed by atoms with Crippen molar-refractivity contribution >= 4 is 40.0 Å². The van der Waals surface area contributed by atoms with Gasteiger partial charge in [0.05, 0.1) is 49.1 Å². The average molecular weight is 991 g/mol. The maximum absolute atomic E-state index is 15.2. The first-order chi connectivity index (χ1) is 34.2. The van der Waals surface area contributed by atoms with E-state index in [1.54, 1.807) is 19.5 Å². The number of carbonyl (C=O) groups is 3. The van der Waals surface area contributed by atoms with Gasteiger partial charge >= 0.3 is 5.97 Å². The summed E-state index contributed by atoms with van der Waals surface area (Å²) in [6.07, 6.45) is 5.68. The number of amides is 2. The smallest absolute Gasteiger partial charge is 0.324 e. The quantitative estimate of drug-likeness (QED) is 0.107. The fourth-order valence-corrected chi connectivity index (χ4v) is 11.3. The number of likely N-dealkylation sites (N-methyl/N-ethyl adjacent to an activating group) is 1. The molecule has 4 aliphatic rings. The molecule has 1 aliphatic carbocycles. The summed E-state index contributed by atoms with van der Waals surface area (Å²) in [6, 6.07) is 14.2. The average Bonchev–Trinajstić information content (AvgIpc) is 3.66. The summed E-state index contributed by atoms with van der Waals surface area (Å²) in [5, 5.41) is 8.23. The van der Waals surface area contributed by atoms with E-state index in [2.05, 4.69) is 58.4 Å². The molecule has 2 amide bonds. The minimum absolute atomic E-state index is 0.0122. The highest BCUT2D eigenvalue weighted by Crippen LogP contribution is 2.53. The summed E-state index contributed by atoms with van der Waals surface area (Å²) in [5.74, 6) is -1.60. The molecule has 1 aromatic carbocycles. The van der Waals surface area contributed by atoms with Crippen LogP contribution in [0.25, 0.3) is 33.4 Å². The predicted molar refractivity (Wildman–Crippen MR) is 271 cm³/mol. The Morgan fingerprint density at radius 1 is 1.04 bits per heavy atom. The first kappa shape index (κ1) is 50.8. The van der Waals surface area contributed by atoms with Crippen LogP contribution in [0.3, 0.4) is 0 Å². The van der Waals surface area contributed by atoms with Gasteiger partial charge in [0.15, 0.2) is 0 Å². The Morgan fingerprint density at radius 2 is 1.85 bits per heavy atom. The van der Waals surface area contributed by atoms with Gasteiger partial charge in [-0.3, -0.25) is 29.4 Å². The summed E-state index contributed by atoms with van der Waals surface area (Å²) < 4.78 is 33.5. The standard InChI is InChI=1S/C54H70N8O8S/c1-32(60(6)7)29-69-49-47(58-50(63)45-33(2)44(45)40-14-9-10-20-55-40)52(64)62-22-12-15-41(59-62)53(65)70-31-54(4,5)28-39-38-27-35(42-30-71-51(49)57-42)16-17-43(38)61(23-26-68-36-18-24-67-25-19-36)48(39)37-13-11-21-56-46(37)34(3)66-8/h9-11,13-14,16-17,20-21,27,30,32-34,36,41,44-45,47,49,59H,12,15,18-19,22-26,28-29,31H2,1-8H3,(H,58,63)/t32-,33-,34-,41-,44-,45+,47-,49-/m0/s1. The van der Waals surface area contributed by atoms with Crippen LogP contribution in [0.4, 0.5) is 0 Å². The second-order valence-electron chi connectivity index (χ2n) is 20.8. The summed E-state index contributed by atoms with van der Waals surface area (Å²) in [4.78, 5) is 60.7. The van der Waals surface area contributed by atoms with Gasteiger partial charge in [-0.25, -0.2) is 10.4 Å². The van der Waals surface area contributed by atoms with E-state index in [1.165, 1.54) is 16.3 Å². The molecule has 71 heavy (non-hydrogen) atoms. The van der Waals surface area contributed by atoms with Crippen LogP contribution in [0.1, 0.15) is 100 Å². The fraction of sp³-hybridized carbons (Fsp3) is 0.556. The van der Waals surface area contributed by atoms with Gasteiger partial charge in [-0.1, -0.05) is 32.9 Å². The van der Waals surface area contributed by atoms with Crippen LogP contribution in [0.2, 0.25) is 0 Å². The topological polar surface area (TPSA) is 172 Å². The number of cyclic esters (lactones) is 1. The van der Waals surface area contributed by atoms with E-state index >= 15 is 4.79 Å². The van der Waals surface area contributed by atoms with Crippen molar-refractivity contribution in [1.29, 1.82) is 0 Å². The number of methoxy groups -OCH3 is 1. The molecule has 9 rings (SSSR count). The van der Waals surface area contributed by atoms with Gasteiger partial charge in [0.25, 0.3) is 5.91 Å². The number of rotatable bonds is 14. The third-order valence-corrected chi connectivity index (χ3v) is 15.8. The second-order valence-corrected chi connectivity index (χ2v) is 21.6. The molecule has 5 aromatic rings. The second kappa shape index (κ2) is 21.9. The Kier molecular flexibility index (Phi) is 15.7. The van der Waals surface area contributed by atoms with Crippen LogP contribution in [0, 0.1) is 17.3 Å². The van der Waals surface area contributed by atoms with Gasteiger partial charge in [-0.05, 0) is 108 Å². The van der Waals surface area contributed by atoms with Gasteiger partial charge in [-0.2, -0.15) is 0 Å². The molecule has 4 aromatic heterocycles. The molecular formula is C54H70N8O8S. The Balaban J connectivity index is 1.18. The number of benzene rings is 1. The number of carbonyl (C=O) groups excluding carboxylic acids is 3. The molecule has 17 heteroatoms. The minimum atomic E-state index is -1.19. The number of aromatic nitrogens is 4. The Hall–Kier alpha value is -5.14. The first-order valence-electron chi connectivity index (χ1n) is 25.2. The minimum Gasteiger partial charge on any atom is -0.464 e. The lowest BCUT2D eigenvalue weighted by Crippen LogP contribution is -2.61. The molecule has 0 unspecified atom stereocenters. The molecule has 3 fully saturated rings. The number of pyridine rings is 2. The van der Waals surface area contributed by atoms with Gasteiger partial charge in [0.1, 0.15) is 23.2 Å². The van der Waals surface area contributed by atoms with E-state index in [9.17, 15) is 9.59 Å². The van der Waals surface area contributed by atoms with Crippen molar-refractivity contribution in [2.45, 2.75) is 116 Å². The largest absolute Gasteiger partial charge is 0.464 e. The van der Waals surface area contributed by atoms with E-state index in [1.807, 2.05) is 69.4 Å². The maximum atomic E-state index is 15.2. The Morgan fingerprint density at radius 3 is 2.61 bits per heavy atom. The van der Waals surface area contributed by atoms with Gasteiger partial charge in [0, 0.05) is 102 Å². The zero-order chi connectivity index (χ0) is 50.0. The van der Waals surface area contributed by atoms with Gasteiger partial charge in [0.2, 0.25) is 5.91 Å². The molecule has 3 aliphatic heterocycles. The van der Waals surface area contributed by atoms with Crippen molar-refractivity contribution in [1.82, 2.24) is 40.2 Å². The molecular weight excluding hydrogens is 921 g/mol. The molecule has 1 saturated carbocycles. The van der Waals surface area contributed by atoms with Crippen molar-refractivity contribution in [3.8, 4) is 22.5 Å². The molecule has 8 atom stereocenters. The van der Waals surface area contributed by atoms with E-state index in [0.29, 0.717) is 62.9 Å². The molecule has 2 saturated heterocycles. The van der Waals surface area contributed by atoms with Gasteiger partial charge < -0.3 is 38.5 Å². The number of thiazole rings is 1. The Bertz CT molecular complexity index is 2670. The number of nitrogens with zero attached hydrogens (tertiary/aromatic N) is 6. The highest BCUT2D eigenvalue weighted by atomic mass is 32.1. The number of nitrogens with one attached hydrogen (secondary N) is 2. The number of ether oxygens (including phenoxy) is 5. The molecule has 7 heterocycles.